The van der Waals surface area contributed by atoms with Crippen molar-refractivity contribution in [1.82, 2.24) is 15.6 Å². The number of methoxy groups -OCH3 is 1. The maximum atomic E-state index is 13.1. The second-order valence-electron chi connectivity index (χ2n) is 7.89. The van der Waals surface area contributed by atoms with Crippen LogP contribution in [0.3, 0.4) is 0 Å². The maximum Gasteiger partial charge on any atom is 0.270 e. The molecule has 3 rings (SSSR count). The molecule has 32 heavy (non-hydrogen) atoms. The van der Waals surface area contributed by atoms with Crippen molar-refractivity contribution in [3.63, 3.8) is 0 Å². The number of carbonyl (C=O) groups excluding carboxylic acids is 1. The number of anilines is 1. The third-order valence-corrected chi connectivity index (χ3v) is 5.36. The minimum atomic E-state index is -0.237. The fraction of sp³-hybridized carbons (Fsp3) is 0.280. The fourth-order valence-corrected chi connectivity index (χ4v) is 3.63. The van der Waals surface area contributed by atoms with Gasteiger partial charge in [0.15, 0.2) is 0 Å². The van der Waals surface area contributed by atoms with E-state index in [4.69, 9.17) is 10.6 Å². The smallest absolute Gasteiger partial charge is 0.270 e. The van der Waals surface area contributed by atoms with E-state index in [0.29, 0.717) is 18.2 Å². The number of carbonyl (C=O) groups is 1. The Kier molecular flexibility index (Phi) is 7.81. The molecule has 168 valence electrons. The van der Waals surface area contributed by atoms with E-state index in [2.05, 4.69) is 41.0 Å². The highest BCUT2D eigenvalue weighted by Gasteiger charge is 2.17. The van der Waals surface area contributed by atoms with Crippen LogP contribution in [0.25, 0.3) is 11.1 Å². The summed E-state index contributed by atoms with van der Waals surface area (Å²) in [6, 6.07) is 17.2. The van der Waals surface area contributed by atoms with Crippen molar-refractivity contribution < 1.29 is 9.53 Å². The number of benzene rings is 2. The second kappa shape index (κ2) is 10.7. The van der Waals surface area contributed by atoms with Gasteiger partial charge in [0, 0.05) is 12.7 Å². The quantitative estimate of drug-likeness (QED) is 0.302. The van der Waals surface area contributed by atoms with Crippen LogP contribution < -0.4 is 26.6 Å². The lowest BCUT2D eigenvalue weighted by Gasteiger charge is -2.19. The van der Waals surface area contributed by atoms with Crippen molar-refractivity contribution in [2.75, 3.05) is 26.1 Å². The fourth-order valence-electron chi connectivity index (χ4n) is 3.63. The third kappa shape index (κ3) is 5.43. The van der Waals surface area contributed by atoms with Crippen LogP contribution in [0.1, 0.15) is 47.4 Å². The van der Waals surface area contributed by atoms with Gasteiger partial charge in [-0.05, 0) is 71.6 Å². The number of nitrogens with two attached hydrogens (primary N) is 1. The van der Waals surface area contributed by atoms with Gasteiger partial charge in [0.05, 0.1) is 18.8 Å². The molecular formula is C25H31N5O2. The molecule has 0 aliphatic rings. The Bertz CT molecular complexity index is 1070. The van der Waals surface area contributed by atoms with Gasteiger partial charge in [-0.1, -0.05) is 32.0 Å². The number of aromatic nitrogens is 1. The summed E-state index contributed by atoms with van der Waals surface area (Å²) in [6.45, 7) is 4.81. The summed E-state index contributed by atoms with van der Waals surface area (Å²) in [5.41, 5.74) is 7.99. The summed E-state index contributed by atoms with van der Waals surface area (Å²) in [7, 11) is 3.48. The highest BCUT2D eigenvalue weighted by atomic mass is 16.5. The van der Waals surface area contributed by atoms with E-state index in [1.54, 1.807) is 13.3 Å². The lowest BCUT2D eigenvalue weighted by Crippen LogP contribution is -2.35. The highest BCUT2D eigenvalue weighted by Crippen LogP contribution is 2.30. The molecule has 0 fully saturated rings. The van der Waals surface area contributed by atoms with E-state index in [-0.39, 0.29) is 11.9 Å². The number of nitrogens with zero attached hydrogens (tertiary/aromatic N) is 1. The Labute approximate surface area is 189 Å². The van der Waals surface area contributed by atoms with Gasteiger partial charge in [-0.2, -0.15) is 0 Å². The summed E-state index contributed by atoms with van der Waals surface area (Å²) in [5.74, 6) is 6.46. The van der Waals surface area contributed by atoms with Crippen LogP contribution in [0.2, 0.25) is 0 Å². The van der Waals surface area contributed by atoms with Gasteiger partial charge in [0.25, 0.3) is 5.91 Å². The van der Waals surface area contributed by atoms with Gasteiger partial charge in [-0.25, -0.2) is 0 Å². The van der Waals surface area contributed by atoms with Gasteiger partial charge in [0.2, 0.25) is 0 Å². The van der Waals surface area contributed by atoms with Crippen molar-refractivity contribution >= 4 is 11.6 Å². The van der Waals surface area contributed by atoms with E-state index in [1.807, 2.05) is 55.6 Å². The van der Waals surface area contributed by atoms with Crippen LogP contribution in [-0.4, -0.2) is 31.6 Å². The minimum absolute atomic E-state index is 0.226. The first-order chi connectivity index (χ1) is 15.5. The highest BCUT2D eigenvalue weighted by molar-refractivity contribution is 5.93. The monoisotopic (exact) mass is 433 g/mol. The molecular weight excluding hydrogens is 402 g/mol. The van der Waals surface area contributed by atoms with Crippen LogP contribution in [0, 0.1) is 0 Å². The molecule has 1 heterocycles. The van der Waals surface area contributed by atoms with E-state index < -0.39 is 0 Å². The van der Waals surface area contributed by atoms with E-state index >= 15 is 0 Å². The Hall–Kier alpha value is -3.42. The molecule has 0 bridgehead atoms. The maximum absolute atomic E-state index is 13.1. The van der Waals surface area contributed by atoms with E-state index in [9.17, 15) is 4.79 Å². The van der Waals surface area contributed by atoms with E-state index in [0.717, 1.165) is 33.7 Å². The topological polar surface area (TPSA) is 101 Å². The van der Waals surface area contributed by atoms with Crippen molar-refractivity contribution in [2.45, 2.75) is 25.8 Å². The van der Waals surface area contributed by atoms with Crippen LogP contribution in [-0.2, 0) is 0 Å². The van der Waals surface area contributed by atoms with E-state index in [1.165, 1.54) is 0 Å². The Balaban J connectivity index is 1.86. The average Bonchev–Trinajstić information content (AvgIpc) is 2.83. The zero-order chi connectivity index (χ0) is 23.1. The molecule has 1 amide bonds. The van der Waals surface area contributed by atoms with Crippen molar-refractivity contribution in [2.24, 2.45) is 5.84 Å². The largest absolute Gasteiger partial charge is 0.497 e. The summed E-state index contributed by atoms with van der Waals surface area (Å²) >= 11 is 0. The Morgan fingerprint density at radius 3 is 2.56 bits per heavy atom. The number of hydrazine groups is 1. The van der Waals surface area contributed by atoms with Crippen LogP contribution in [0.15, 0.2) is 60.8 Å². The molecule has 0 aliphatic carbocycles. The number of pyridine rings is 1. The lowest BCUT2D eigenvalue weighted by atomic mass is 9.95. The van der Waals surface area contributed by atoms with Gasteiger partial charge in [-0.3, -0.25) is 15.6 Å². The molecule has 1 aromatic heterocycles. The molecule has 1 atom stereocenters. The zero-order valence-corrected chi connectivity index (χ0v) is 19.0. The molecule has 7 heteroatoms. The van der Waals surface area contributed by atoms with Gasteiger partial charge in [-0.15, -0.1) is 0 Å². The van der Waals surface area contributed by atoms with Gasteiger partial charge in [0.1, 0.15) is 11.4 Å². The standard InChI is InChI=1S/C25H31N5O2/c1-16(2)21-13-17(8-9-22(21)30-26)18-10-11-28-23(14-18)25(31)29-24(15-27-3)19-6-5-7-20(12-19)32-4/h5-14,16,24,27,30H,15,26H2,1-4H3,(H,29,31). The van der Waals surface area contributed by atoms with Crippen molar-refractivity contribution in [1.29, 1.82) is 0 Å². The molecule has 5 N–H and O–H groups in total. The number of likely N-dealkylation sites (N-methyl/N-ethyl adjacent to an activating group) is 1. The van der Waals surface area contributed by atoms with Crippen molar-refractivity contribution in [3.8, 4) is 16.9 Å². The number of rotatable bonds is 9. The molecule has 7 nitrogen and oxygen atoms in total. The molecule has 1 unspecified atom stereocenters. The Morgan fingerprint density at radius 2 is 1.88 bits per heavy atom. The zero-order valence-electron chi connectivity index (χ0n) is 19.0. The van der Waals surface area contributed by atoms with Crippen LogP contribution in [0.4, 0.5) is 5.69 Å². The molecule has 0 saturated heterocycles. The average molecular weight is 434 g/mol. The predicted octanol–water partition coefficient (Wildman–Crippen LogP) is 3.86. The van der Waals surface area contributed by atoms with Crippen molar-refractivity contribution in [3.05, 3.63) is 77.6 Å². The molecule has 0 aliphatic heterocycles. The number of nitrogens with one attached hydrogen (secondary N) is 3. The second-order valence-corrected chi connectivity index (χ2v) is 7.89. The number of nitrogen functional groups attached to an aromatic ring is 1. The predicted molar refractivity (Wildman–Crippen MR) is 129 cm³/mol. The molecule has 0 saturated carbocycles. The summed E-state index contributed by atoms with van der Waals surface area (Å²) in [6.07, 6.45) is 1.66. The molecule has 0 spiro atoms. The first-order valence-corrected chi connectivity index (χ1v) is 10.6. The van der Waals surface area contributed by atoms with Gasteiger partial charge < -0.3 is 20.8 Å². The molecule has 2 aromatic carbocycles. The number of hydrogen-bond acceptors (Lipinski definition) is 6. The SMILES string of the molecule is CNCC(NC(=O)c1cc(-c2ccc(NN)c(C(C)C)c2)ccn1)c1cccc(OC)c1. The van der Waals surface area contributed by atoms with Gasteiger partial charge >= 0.3 is 0 Å². The Morgan fingerprint density at radius 1 is 1.09 bits per heavy atom. The van der Waals surface area contributed by atoms with Crippen LogP contribution >= 0.6 is 0 Å². The minimum Gasteiger partial charge on any atom is -0.497 e. The number of hydrogen-bond donors (Lipinski definition) is 4. The normalized spacial score (nSPS) is 11.8. The lowest BCUT2D eigenvalue weighted by molar-refractivity contribution is 0.0931. The first-order valence-electron chi connectivity index (χ1n) is 10.6. The summed E-state index contributed by atoms with van der Waals surface area (Å²) < 4.78 is 5.32. The molecule has 0 radical (unpaired) electrons. The number of amides is 1. The summed E-state index contributed by atoms with van der Waals surface area (Å²) in [4.78, 5) is 17.4. The molecule has 3 aromatic rings. The third-order valence-electron chi connectivity index (χ3n) is 5.36. The number of ether oxygens (including phenoxy) is 1. The van der Waals surface area contributed by atoms with Crippen LogP contribution in [0.5, 0.6) is 5.75 Å². The first kappa shape index (κ1) is 23.2. The summed E-state index contributed by atoms with van der Waals surface area (Å²) in [5, 5.41) is 6.22.